The Kier molecular flexibility index (Phi) is 4.25. The van der Waals surface area contributed by atoms with Gasteiger partial charge < -0.3 is 10.4 Å². The van der Waals surface area contributed by atoms with Crippen LogP contribution in [0.1, 0.15) is 17.3 Å². The van der Waals surface area contributed by atoms with Crippen LogP contribution in [0.25, 0.3) is 5.69 Å². The highest BCUT2D eigenvalue weighted by Gasteiger charge is 2.07. The predicted octanol–water partition coefficient (Wildman–Crippen LogP) is 0.625. The number of hydrogen-bond acceptors (Lipinski definition) is 4. The van der Waals surface area contributed by atoms with Gasteiger partial charge in [0, 0.05) is 24.4 Å². The summed E-state index contributed by atoms with van der Waals surface area (Å²) < 4.78 is 1.76. The molecule has 0 aliphatic carbocycles. The Morgan fingerprint density at radius 1 is 1.32 bits per heavy atom. The van der Waals surface area contributed by atoms with Gasteiger partial charge in [0.2, 0.25) is 0 Å². The molecule has 0 spiro atoms. The molecule has 0 saturated heterocycles. The Morgan fingerprint density at radius 3 is 2.53 bits per heavy atom. The van der Waals surface area contributed by atoms with Crippen LogP contribution in [0.5, 0.6) is 0 Å². The molecule has 2 N–H and O–H groups in total. The molecule has 2 aromatic rings. The Bertz CT molecular complexity index is 522. The van der Waals surface area contributed by atoms with Crippen molar-refractivity contribution in [2.75, 3.05) is 13.2 Å². The van der Waals surface area contributed by atoms with E-state index in [2.05, 4.69) is 15.5 Å². The third-order valence-electron chi connectivity index (χ3n) is 2.77. The van der Waals surface area contributed by atoms with Gasteiger partial charge in [-0.25, -0.2) is 0 Å². The number of carbonyl (C=O) groups is 1. The van der Waals surface area contributed by atoms with Gasteiger partial charge in [0.15, 0.2) is 0 Å². The molecule has 19 heavy (non-hydrogen) atoms. The van der Waals surface area contributed by atoms with Crippen molar-refractivity contribution in [1.29, 1.82) is 0 Å². The van der Waals surface area contributed by atoms with E-state index in [1.54, 1.807) is 29.4 Å². The summed E-state index contributed by atoms with van der Waals surface area (Å²) in [6.07, 6.45) is 3.19. The van der Waals surface area contributed by atoms with Crippen LogP contribution in [-0.4, -0.2) is 38.9 Å². The van der Waals surface area contributed by atoms with Crippen molar-refractivity contribution in [2.24, 2.45) is 5.92 Å². The number of benzene rings is 1. The van der Waals surface area contributed by atoms with E-state index in [-0.39, 0.29) is 18.4 Å². The highest BCUT2D eigenvalue weighted by molar-refractivity contribution is 5.94. The standard InChI is InChI=1S/C13H16N4O2/c1-10(7-18)6-14-13(19)11-2-4-12(5-3-11)17-8-15-16-9-17/h2-5,8-10,18H,6-7H2,1H3,(H,14,19). The second-order valence-corrected chi connectivity index (χ2v) is 4.41. The number of carbonyl (C=O) groups excluding carboxylic acids is 1. The molecule has 2 rings (SSSR count). The number of hydrogen-bond donors (Lipinski definition) is 2. The summed E-state index contributed by atoms with van der Waals surface area (Å²) in [4.78, 5) is 11.8. The van der Waals surface area contributed by atoms with Gasteiger partial charge in [-0.05, 0) is 30.2 Å². The fourth-order valence-corrected chi connectivity index (χ4v) is 1.55. The van der Waals surface area contributed by atoms with E-state index in [0.29, 0.717) is 12.1 Å². The van der Waals surface area contributed by atoms with Crippen LogP contribution in [0.3, 0.4) is 0 Å². The van der Waals surface area contributed by atoms with Crippen molar-refractivity contribution in [2.45, 2.75) is 6.92 Å². The van der Waals surface area contributed by atoms with E-state index in [1.807, 2.05) is 19.1 Å². The second kappa shape index (κ2) is 6.10. The summed E-state index contributed by atoms with van der Waals surface area (Å²) in [5.41, 5.74) is 1.48. The molecule has 1 aromatic heterocycles. The number of rotatable bonds is 5. The SMILES string of the molecule is CC(CO)CNC(=O)c1ccc(-n2cnnc2)cc1. The number of aromatic nitrogens is 3. The molecule has 0 aliphatic rings. The molecule has 1 aromatic carbocycles. The normalized spacial score (nSPS) is 12.1. The van der Waals surface area contributed by atoms with Gasteiger partial charge in [-0.3, -0.25) is 9.36 Å². The molecule has 100 valence electrons. The van der Waals surface area contributed by atoms with Crippen LogP contribution >= 0.6 is 0 Å². The van der Waals surface area contributed by atoms with E-state index in [9.17, 15) is 4.79 Å². The van der Waals surface area contributed by atoms with Crippen LogP contribution in [0.2, 0.25) is 0 Å². The van der Waals surface area contributed by atoms with E-state index in [0.717, 1.165) is 5.69 Å². The summed E-state index contributed by atoms with van der Waals surface area (Å²) in [6, 6.07) is 7.14. The topological polar surface area (TPSA) is 80.0 Å². The molecule has 1 amide bonds. The molecule has 1 unspecified atom stereocenters. The zero-order valence-corrected chi connectivity index (χ0v) is 10.7. The van der Waals surface area contributed by atoms with Gasteiger partial charge in [-0.2, -0.15) is 0 Å². The minimum atomic E-state index is -0.143. The minimum absolute atomic E-state index is 0.0558. The molecule has 0 radical (unpaired) electrons. The monoisotopic (exact) mass is 260 g/mol. The Balaban J connectivity index is 2.00. The lowest BCUT2D eigenvalue weighted by atomic mass is 10.1. The molecular formula is C13H16N4O2. The van der Waals surface area contributed by atoms with Gasteiger partial charge in [-0.1, -0.05) is 6.92 Å². The van der Waals surface area contributed by atoms with Gasteiger partial charge in [0.1, 0.15) is 12.7 Å². The van der Waals surface area contributed by atoms with E-state index >= 15 is 0 Å². The molecule has 6 nitrogen and oxygen atoms in total. The lowest BCUT2D eigenvalue weighted by Crippen LogP contribution is -2.29. The average molecular weight is 260 g/mol. The smallest absolute Gasteiger partial charge is 0.251 e. The van der Waals surface area contributed by atoms with Crippen molar-refractivity contribution in [3.05, 3.63) is 42.5 Å². The van der Waals surface area contributed by atoms with Gasteiger partial charge in [0.05, 0.1) is 0 Å². The fraction of sp³-hybridized carbons (Fsp3) is 0.308. The number of nitrogens with zero attached hydrogens (tertiary/aromatic N) is 3. The molecule has 0 saturated carbocycles. The van der Waals surface area contributed by atoms with Crippen LogP contribution in [0, 0.1) is 5.92 Å². The lowest BCUT2D eigenvalue weighted by molar-refractivity contribution is 0.0942. The van der Waals surface area contributed by atoms with Crippen LogP contribution < -0.4 is 5.32 Å². The zero-order valence-electron chi connectivity index (χ0n) is 10.7. The van der Waals surface area contributed by atoms with Gasteiger partial charge >= 0.3 is 0 Å². The summed E-state index contributed by atoms with van der Waals surface area (Å²) in [7, 11) is 0. The Hall–Kier alpha value is -2.21. The largest absolute Gasteiger partial charge is 0.396 e. The van der Waals surface area contributed by atoms with Crippen molar-refractivity contribution in [3.8, 4) is 5.69 Å². The predicted molar refractivity (Wildman–Crippen MR) is 69.9 cm³/mol. The summed E-state index contributed by atoms with van der Waals surface area (Å²) >= 11 is 0. The number of aliphatic hydroxyl groups is 1. The van der Waals surface area contributed by atoms with Crippen LogP contribution in [0.4, 0.5) is 0 Å². The molecule has 6 heteroatoms. The number of aliphatic hydroxyl groups excluding tert-OH is 1. The van der Waals surface area contributed by atoms with E-state index < -0.39 is 0 Å². The maximum atomic E-state index is 11.8. The molecule has 0 aliphatic heterocycles. The highest BCUT2D eigenvalue weighted by atomic mass is 16.3. The van der Waals surface area contributed by atoms with Crippen molar-refractivity contribution < 1.29 is 9.90 Å². The minimum Gasteiger partial charge on any atom is -0.396 e. The third kappa shape index (κ3) is 3.38. The summed E-state index contributed by atoms with van der Waals surface area (Å²) in [6.45, 7) is 2.39. The van der Waals surface area contributed by atoms with Crippen molar-refractivity contribution >= 4 is 5.91 Å². The maximum absolute atomic E-state index is 11.8. The summed E-state index contributed by atoms with van der Waals surface area (Å²) in [5, 5.41) is 19.1. The molecule has 0 fully saturated rings. The van der Waals surface area contributed by atoms with E-state index in [1.165, 1.54) is 0 Å². The van der Waals surface area contributed by atoms with E-state index in [4.69, 9.17) is 5.11 Å². The highest BCUT2D eigenvalue weighted by Crippen LogP contribution is 2.08. The number of nitrogens with one attached hydrogen (secondary N) is 1. The average Bonchev–Trinajstić information content (AvgIpc) is 2.98. The fourth-order valence-electron chi connectivity index (χ4n) is 1.55. The molecule has 1 atom stereocenters. The summed E-state index contributed by atoms with van der Waals surface area (Å²) in [5.74, 6) is -0.0872. The Morgan fingerprint density at radius 2 is 1.95 bits per heavy atom. The first-order chi connectivity index (χ1) is 9.20. The lowest BCUT2D eigenvalue weighted by Gasteiger charge is -2.10. The quantitative estimate of drug-likeness (QED) is 0.826. The number of amides is 1. The van der Waals surface area contributed by atoms with Gasteiger partial charge in [0.25, 0.3) is 5.91 Å². The first kappa shape index (κ1) is 13.2. The maximum Gasteiger partial charge on any atom is 0.251 e. The Labute approximate surface area is 111 Å². The van der Waals surface area contributed by atoms with Crippen LogP contribution in [-0.2, 0) is 0 Å². The van der Waals surface area contributed by atoms with Crippen LogP contribution in [0.15, 0.2) is 36.9 Å². The third-order valence-corrected chi connectivity index (χ3v) is 2.77. The van der Waals surface area contributed by atoms with Gasteiger partial charge in [-0.15, -0.1) is 10.2 Å². The first-order valence-electron chi connectivity index (χ1n) is 6.05. The van der Waals surface area contributed by atoms with Crippen molar-refractivity contribution in [3.63, 3.8) is 0 Å². The molecule has 1 heterocycles. The first-order valence-corrected chi connectivity index (χ1v) is 6.05. The molecule has 0 bridgehead atoms. The molecular weight excluding hydrogens is 244 g/mol. The van der Waals surface area contributed by atoms with Crippen molar-refractivity contribution in [1.82, 2.24) is 20.1 Å². The zero-order chi connectivity index (χ0) is 13.7. The second-order valence-electron chi connectivity index (χ2n) is 4.41.